The van der Waals surface area contributed by atoms with Gasteiger partial charge in [0.15, 0.2) is 0 Å². The first-order valence-corrected chi connectivity index (χ1v) is 6.59. The molecule has 2 fully saturated rings. The first kappa shape index (κ1) is 9.92. The van der Waals surface area contributed by atoms with E-state index in [1.807, 2.05) is 0 Å². The number of rotatable bonds is 1. The molecule has 2 heterocycles. The van der Waals surface area contributed by atoms with Crippen LogP contribution in [-0.2, 0) is 14.8 Å². The van der Waals surface area contributed by atoms with Gasteiger partial charge in [-0.1, -0.05) is 0 Å². The number of nitrogens with one attached hydrogen (secondary N) is 1. The normalized spacial score (nSPS) is 33.9. The second kappa shape index (κ2) is 3.20. The van der Waals surface area contributed by atoms with E-state index >= 15 is 0 Å². The second-order valence-electron chi connectivity index (χ2n) is 3.93. The van der Waals surface area contributed by atoms with Crippen LogP contribution in [0.5, 0.6) is 0 Å². The van der Waals surface area contributed by atoms with Crippen molar-refractivity contribution in [2.45, 2.75) is 18.9 Å². The summed E-state index contributed by atoms with van der Waals surface area (Å²) in [6, 6.07) is -0.147. The van der Waals surface area contributed by atoms with Crippen LogP contribution in [0.15, 0.2) is 0 Å². The summed E-state index contributed by atoms with van der Waals surface area (Å²) >= 11 is 0. The zero-order valence-electron chi connectivity index (χ0n) is 8.06. The zero-order valence-corrected chi connectivity index (χ0v) is 8.88. The van der Waals surface area contributed by atoms with E-state index in [-0.39, 0.29) is 17.9 Å². The van der Waals surface area contributed by atoms with Gasteiger partial charge in [0.25, 0.3) is 0 Å². The van der Waals surface area contributed by atoms with E-state index in [1.165, 1.54) is 10.6 Å². The molecule has 0 aliphatic carbocycles. The lowest BCUT2D eigenvalue weighted by molar-refractivity contribution is -0.123. The SMILES string of the molecule is CS(=O)(=O)N1CCCC2C(=O)NCC21. The van der Waals surface area contributed by atoms with E-state index in [0.717, 1.165) is 12.8 Å². The lowest BCUT2D eigenvalue weighted by atomic mass is 9.93. The van der Waals surface area contributed by atoms with Gasteiger partial charge in [0.2, 0.25) is 15.9 Å². The third-order valence-electron chi connectivity index (χ3n) is 2.98. The number of hydrogen-bond acceptors (Lipinski definition) is 3. The number of sulfonamides is 1. The highest BCUT2D eigenvalue weighted by Gasteiger charge is 2.43. The first-order valence-electron chi connectivity index (χ1n) is 4.74. The predicted molar refractivity (Wildman–Crippen MR) is 51.1 cm³/mol. The fraction of sp³-hybridized carbons (Fsp3) is 0.875. The molecule has 0 radical (unpaired) electrons. The third kappa shape index (κ3) is 1.52. The summed E-state index contributed by atoms with van der Waals surface area (Å²) in [4.78, 5) is 11.3. The van der Waals surface area contributed by atoms with Gasteiger partial charge in [-0.05, 0) is 12.8 Å². The third-order valence-corrected chi connectivity index (χ3v) is 4.28. The number of hydrogen-bond donors (Lipinski definition) is 1. The monoisotopic (exact) mass is 218 g/mol. The van der Waals surface area contributed by atoms with Crippen molar-refractivity contribution in [1.82, 2.24) is 9.62 Å². The Morgan fingerprint density at radius 2 is 2.21 bits per heavy atom. The number of nitrogens with zero attached hydrogens (tertiary/aromatic N) is 1. The van der Waals surface area contributed by atoms with Crippen molar-refractivity contribution in [1.29, 1.82) is 0 Å². The van der Waals surface area contributed by atoms with E-state index in [4.69, 9.17) is 0 Å². The summed E-state index contributed by atoms with van der Waals surface area (Å²) in [5, 5.41) is 2.72. The van der Waals surface area contributed by atoms with Crippen molar-refractivity contribution < 1.29 is 13.2 Å². The Morgan fingerprint density at radius 1 is 1.50 bits per heavy atom. The van der Waals surface area contributed by atoms with Gasteiger partial charge in [-0.2, -0.15) is 4.31 Å². The van der Waals surface area contributed by atoms with Crippen molar-refractivity contribution in [3.8, 4) is 0 Å². The van der Waals surface area contributed by atoms with Crippen LogP contribution >= 0.6 is 0 Å². The molecule has 2 saturated heterocycles. The largest absolute Gasteiger partial charge is 0.354 e. The summed E-state index contributed by atoms with van der Waals surface area (Å²) < 4.78 is 24.3. The minimum atomic E-state index is -3.16. The van der Waals surface area contributed by atoms with Crippen LogP contribution in [-0.4, -0.2) is 44.0 Å². The maximum absolute atomic E-state index is 11.4. The van der Waals surface area contributed by atoms with E-state index in [1.54, 1.807) is 0 Å². The topological polar surface area (TPSA) is 66.5 Å². The number of piperidine rings is 1. The molecule has 1 N–H and O–H groups in total. The minimum Gasteiger partial charge on any atom is -0.354 e. The molecule has 0 aromatic carbocycles. The molecule has 14 heavy (non-hydrogen) atoms. The van der Waals surface area contributed by atoms with Gasteiger partial charge in [0.1, 0.15) is 0 Å². The standard InChI is InChI=1S/C8H14N2O3S/c1-14(12,13)10-4-2-3-6-7(10)5-9-8(6)11/h6-7H,2-5H2,1H3,(H,9,11). The molecule has 0 bridgehead atoms. The number of fused-ring (bicyclic) bond motifs is 1. The highest BCUT2D eigenvalue weighted by molar-refractivity contribution is 7.88. The molecule has 2 aliphatic heterocycles. The van der Waals surface area contributed by atoms with Crippen LogP contribution in [0.25, 0.3) is 0 Å². The molecule has 2 atom stereocenters. The van der Waals surface area contributed by atoms with Gasteiger partial charge >= 0.3 is 0 Å². The van der Waals surface area contributed by atoms with Gasteiger partial charge in [0, 0.05) is 13.1 Å². The Morgan fingerprint density at radius 3 is 2.86 bits per heavy atom. The number of carbonyl (C=O) groups excluding carboxylic acids is 1. The van der Waals surface area contributed by atoms with E-state index < -0.39 is 10.0 Å². The van der Waals surface area contributed by atoms with Gasteiger partial charge in [-0.15, -0.1) is 0 Å². The van der Waals surface area contributed by atoms with Crippen molar-refractivity contribution in [2.75, 3.05) is 19.3 Å². The van der Waals surface area contributed by atoms with Gasteiger partial charge in [-0.25, -0.2) is 8.42 Å². The Labute approximate surface area is 83.5 Å². The van der Waals surface area contributed by atoms with Crippen LogP contribution < -0.4 is 5.32 Å². The molecule has 1 amide bonds. The molecule has 2 aliphatic rings. The quantitative estimate of drug-likeness (QED) is 0.624. The van der Waals surface area contributed by atoms with Gasteiger partial charge < -0.3 is 5.32 Å². The molecule has 6 heteroatoms. The molecule has 2 rings (SSSR count). The highest BCUT2D eigenvalue weighted by Crippen LogP contribution is 2.28. The summed E-state index contributed by atoms with van der Waals surface area (Å²) in [7, 11) is -3.16. The molecule has 0 saturated carbocycles. The molecule has 80 valence electrons. The Kier molecular flexibility index (Phi) is 2.27. The maximum atomic E-state index is 11.4. The smallest absolute Gasteiger partial charge is 0.224 e. The zero-order chi connectivity index (χ0) is 10.3. The average Bonchev–Trinajstić information content (AvgIpc) is 2.46. The van der Waals surface area contributed by atoms with Crippen LogP contribution in [0.1, 0.15) is 12.8 Å². The van der Waals surface area contributed by atoms with Crippen LogP contribution in [0, 0.1) is 5.92 Å². The van der Waals surface area contributed by atoms with E-state index in [2.05, 4.69) is 5.32 Å². The van der Waals surface area contributed by atoms with Crippen molar-refractivity contribution in [3.05, 3.63) is 0 Å². The Balaban J connectivity index is 2.25. The van der Waals surface area contributed by atoms with Crippen molar-refractivity contribution in [3.63, 3.8) is 0 Å². The van der Waals surface area contributed by atoms with Crippen LogP contribution in [0.3, 0.4) is 0 Å². The summed E-state index contributed by atoms with van der Waals surface area (Å²) in [6.07, 6.45) is 2.79. The molecule has 2 unspecified atom stereocenters. The number of amides is 1. The highest BCUT2D eigenvalue weighted by atomic mass is 32.2. The number of carbonyl (C=O) groups is 1. The lowest BCUT2D eigenvalue weighted by Gasteiger charge is -2.33. The Hall–Kier alpha value is -0.620. The van der Waals surface area contributed by atoms with Crippen LogP contribution in [0.2, 0.25) is 0 Å². The van der Waals surface area contributed by atoms with E-state index in [9.17, 15) is 13.2 Å². The molecule has 0 aromatic heterocycles. The van der Waals surface area contributed by atoms with Crippen molar-refractivity contribution >= 4 is 15.9 Å². The Bertz CT molecular complexity index is 352. The second-order valence-corrected chi connectivity index (χ2v) is 5.87. The molecule has 0 aromatic rings. The van der Waals surface area contributed by atoms with Gasteiger partial charge in [0.05, 0.1) is 18.2 Å². The molecular weight excluding hydrogens is 204 g/mol. The molecule has 5 nitrogen and oxygen atoms in total. The summed E-state index contributed by atoms with van der Waals surface area (Å²) in [5.74, 6) is -0.123. The van der Waals surface area contributed by atoms with Crippen LogP contribution in [0.4, 0.5) is 0 Å². The molecular formula is C8H14N2O3S. The predicted octanol–water partition coefficient (Wildman–Crippen LogP) is -0.844. The fourth-order valence-corrected chi connectivity index (χ4v) is 3.50. The summed E-state index contributed by atoms with van der Waals surface area (Å²) in [6.45, 7) is 1.02. The maximum Gasteiger partial charge on any atom is 0.224 e. The first-order chi connectivity index (χ1) is 6.50. The minimum absolute atomic E-state index is 0.00310. The summed E-state index contributed by atoms with van der Waals surface area (Å²) in [5.41, 5.74) is 0. The van der Waals surface area contributed by atoms with E-state index in [0.29, 0.717) is 13.1 Å². The average molecular weight is 218 g/mol. The fourth-order valence-electron chi connectivity index (χ4n) is 2.32. The van der Waals surface area contributed by atoms with Gasteiger partial charge in [-0.3, -0.25) is 4.79 Å². The molecule has 0 spiro atoms. The van der Waals surface area contributed by atoms with Crippen molar-refractivity contribution in [2.24, 2.45) is 5.92 Å². The lowest BCUT2D eigenvalue weighted by Crippen LogP contribution is -2.48.